The van der Waals surface area contributed by atoms with Crippen LogP contribution < -0.4 is 5.73 Å². The van der Waals surface area contributed by atoms with Gasteiger partial charge in [-0.15, -0.1) is 0 Å². The molecule has 0 saturated carbocycles. The summed E-state index contributed by atoms with van der Waals surface area (Å²) in [6.07, 6.45) is 5.70. The zero-order valence-electron chi connectivity index (χ0n) is 8.98. The molecule has 1 atom stereocenters. The van der Waals surface area contributed by atoms with Gasteiger partial charge < -0.3 is 5.73 Å². The van der Waals surface area contributed by atoms with Gasteiger partial charge in [-0.3, -0.25) is 9.97 Å². The average molecular weight is 313 g/mol. The number of halogens is 2. The van der Waals surface area contributed by atoms with Crippen LogP contribution in [-0.4, -0.2) is 9.97 Å². The quantitative estimate of drug-likeness (QED) is 0.947. The summed E-state index contributed by atoms with van der Waals surface area (Å²) in [5, 5.41) is 0.634. The van der Waals surface area contributed by atoms with E-state index in [2.05, 4.69) is 25.9 Å². The number of pyridine rings is 2. The first-order chi connectivity index (χ1) is 8.18. The van der Waals surface area contributed by atoms with E-state index in [1.54, 1.807) is 18.6 Å². The van der Waals surface area contributed by atoms with Crippen LogP contribution in [0.1, 0.15) is 17.3 Å². The third kappa shape index (κ3) is 3.03. The first-order valence-electron chi connectivity index (χ1n) is 5.13. The molecule has 2 aromatic heterocycles. The van der Waals surface area contributed by atoms with E-state index in [0.29, 0.717) is 11.4 Å². The van der Waals surface area contributed by atoms with Crippen LogP contribution in [0.25, 0.3) is 0 Å². The minimum absolute atomic E-state index is 0.189. The third-order valence-electron chi connectivity index (χ3n) is 2.43. The Morgan fingerprint density at radius 2 is 2.18 bits per heavy atom. The van der Waals surface area contributed by atoms with Crippen LogP contribution in [0.3, 0.4) is 0 Å². The van der Waals surface area contributed by atoms with Gasteiger partial charge in [-0.2, -0.15) is 0 Å². The molecular formula is C12H11BrClN3. The highest BCUT2D eigenvalue weighted by Crippen LogP contribution is 2.24. The summed E-state index contributed by atoms with van der Waals surface area (Å²) in [7, 11) is 0. The van der Waals surface area contributed by atoms with E-state index in [0.717, 1.165) is 15.7 Å². The molecule has 2 rings (SSSR count). The normalized spacial score (nSPS) is 12.4. The summed E-state index contributed by atoms with van der Waals surface area (Å²) in [5.41, 5.74) is 7.94. The number of nitrogens with zero attached hydrogens (tertiary/aromatic N) is 2. The molecule has 0 aromatic carbocycles. The molecule has 0 aliphatic carbocycles. The van der Waals surface area contributed by atoms with Crippen molar-refractivity contribution in [3.8, 4) is 0 Å². The highest BCUT2D eigenvalue weighted by Gasteiger charge is 2.13. The molecule has 0 amide bonds. The maximum atomic E-state index is 6.13. The van der Waals surface area contributed by atoms with Crippen LogP contribution in [0, 0.1) is 0 Å². The van der Waals surface area contributed by atoms with Crippen molar-refractivity contribution in [2.75, 3.05) is 0 Å². The van der Waals surface area contributed by atoms with Crippen molar-refractivity contribution in [2.45, 2.75) is 12.5 Å². The van der Waals surface area contributed by atoms with Gasteiger partial charge in [0.1, 0.15) is 0 Å². The van der Waals surface area contributed by atoms with Crippen molar-refractivity contribution in [2.24, 2.45) is 5.73 Å². The molecule has 0 aliphatic rings. The number of hydrogen-bond donors (Lipinski definition) is 1. The smallest absolute Gasteiger partial charge is 0.0716 e. The van der Waals surface area contributed by atoms with Crippen molar-refractivity contribution in [3.05, 3.63) is 57.5 Å². The number of rotatable bonds is 3. The summed E-state index contributed by atoms with van der Waals surface area (Å²) >= 11 is 9.49. The van der Waals surface area contributed by atoms with E-state index < -0.39 is 0 Å². The fraction of sp³-hybridized carbons (Fsp3) is 0.167. The molecule has 88 valence electrons. The summed E-state index contributed by atoms with van der Waals surface area (Å²) < 4.78 is 0.915. The van der Waals surface area contributed by atoms with Gasteiger partial charge in [-0.1, -0.05) is 11.6 Å². The second-order valence-corrected chi connectivity index (χ2v) is 4.91. The van der Waals surface area contributed by atoms with Gasteiger partial charge in [0.2, 0.25) is 0 Å². The molecule has 0 saturated heterocycles. The lowest BCUT2D eigenvalue weighted by Gasteiger charge is -2.13. The van der Waals surface area contributed by atoms with E-state index in [-0.39, 0.29) is 6.04 Å². The molecule has 1 unspecified atom stereocenters. The van der Waals surface area contributed by atoms with E-state index >= 15 is 0 Å². The third-order valence-corrected chi connectivity index (χ3v) is 3.45. The maximum Gasteiger partial charge on any atom is 0.0716 e. The van der Waals surface area contributed by atoms with E-state index in [1.807, 2.05) is 18.2 Å². The van der Waals surface area contributed by atoms with Crippen LogP contribution in [0.2, 0.25) is 5.02 Å². The van der Waals surface area contributed by atoms with Crippen LogP contribution in [0.4, 0.5) is 0 Å². The van der Waals surface area contributed by atoms with Crippen LogP contribution in [0.5, 0.6) is 0 Å². The molecule has 0 bridgehead atoms. The van der Waals surface area contributed by atoms with Crippen LogP contribution in [-0.2, 0) is 6.42 Å². The predicted octanol–water partition coefficient (Wildman–Crippen LogP) is 3.14. The minimum atomic E-state index is -0.189. The molecule has 2 heterocycles. The lowest BCUT2D eigenvalue weighted by atomic mass is 10.0. The van der Waals surface area contributed by atoms with E-state index in [4.69, 9.17) is 17.3 Å². The summed E-state index contributed by atoms with van der Waals surface area (Å²) in [5.74, 6) is 0. The topological polar surface area (TPSA) is 51.8 Å². The van der Waals surface area contributed by atoms with Crippen molar-refractivity contribution in [1.82, 2.24) is 9.97 Å². The molecule has 5 heteroatoms. The predicted molar refractivity (Wildman–Crippen MR) is 71.8 cm³/mol. The molecule has 0 radical (unpaired) electrons. The number of hydrogen-bond acceptors (Lipinski definition) is 3. The molecule has 3 nitrogen and oxygen atoms in total. The molecule has 17 heavy (non-hydrogen) atoms. The Morgan fingerprint density at radius 3 is 2.88 bits per heavy atom. The Morgan fingerprint density at radius 1 is 1.35 bits per heavy atom. The maximum absolute atomic E-state index is 6.13. The van der Waals surface area contributed by atoms with Gasteiger partial charge in [0, 0.05) is 23.1 Å². The fourth-order valence-corrected chi connectivity index (χ4v) is 2.32. The Labute approximate surface area is 113 Å². The highest BCUT2D eigenvalue weighted by molar-refractivity contribution is 9.10. The zero-order valence-corrected chi connectivity index (χ0v) is 11.3. The van der Waals surface area contributed by atoms with Crippen molar-refractivity contribution in [3.63, 3.8) is 0 Å². The fourth-order valence-electron chi connectivity index (χ4n) is 1.57. The Bertz CT molecular complexity index is 519. The SMILES string of the molecule is NC(Cc1ccncc1Cl)c1ncccc1Br. The first kappa shape index (κ1) is 12.5. The molecule has 0 aliphatic heterocycles. The summed E-state index contributed by atoms with van der Waals surface area (Å²) in [6, 6.07) is 5.47. The second-order valence-electron chi connectivity index (χ2n) is 3.65. The summed E-state index contributed by atoms with van der Waals surface area (Å²) in [4.78, 5) is 8.22. The Kier molecular flexibility index (Phi) is 4.10. The van der Waals surface area contributed by atoms with E-state index in [9.17, 15) is 0 Å². The first-order valence-corrected chi connectivity index (χ1v) is 6.30. The Hall–Kier alpha value is -0.970. The lowest BCUT2D eigenvalue weighted by molar-refractivity contribution is 0.692. The van der Waals surface area contributed by atoms with Gasteiger partial charge in [0.25, 0.3) is 0 Å². The number of aromatic nitrogens is 2. The monoisotopic (exact) mass is 311 g/mol. The van der Waals surface area contributed by atoms with E-state index in [1.165, 1.54) is 0 Å². The molecule has 0 fully saturated rings. The van der Waals surface area contributed by atoms with Crippen LogP contribution >= 0.6 is 27.5 Å². The molecule has 2 aromatic rings. The summed E-state index contributed by atoms with van der Waals surface area (Å²) in [6.45, 7) is 0. The minimum Gasteiger partial charge on any atom is -0.322 e. The van der Waals surface area contributed by atoms with Gasteiger partial charge in [-0.25, -0.2) is 0 Å². The second kappa shape index (κ2) is 5.58. The van der Waals surface area contributed by atoms with Gasteiger partial charge in [0.15, 0.2) is 0 Å². The molecule has 0 spiro atoms. The molecular weight excluding hydrogens is 302 g/mol. The van der Waals surface area contributed by atoms with Crippen LogP contribution in [0.15, 0.2) is 41.3 Å². The molecule has 2 N–H and O–H groups in total. The van der Waals surface area contributed by atoms with Crippen molar-refractivity contribution < 1.29 is 0 Å². The lowest BCUT2D eigenvalue weighted by Crippen LogP contribution is -2.15. The van der Waals surface area contributed by atoms with Crippen molar-refractivity contribution >= 4 is 27.5 Å². The zero-order chi connectivity index (χ0) is 12.3. The number of nitrogens with two attached hydrogens (primary N) is 1. The van der Waals surface area contributed by atoms with Crippen molar-refractivity contribution in [1.29, 1.82) is 0 Å². The largest absolute Gasteiger partial charge is 0.322 e. The van der Waals surface area contributed by atoms with Gasteiger partial charge in [0.05, 0.1) is 16.8 Å². The standard InChI is InChI=1S/C12H11BrClN3/c13-9-2-1-4-17-12(9)11(15)6-8-3-5-16-7-10(8)14/h1-5,7,11H,6,15H2. The van der Waals surface area contributed by atoms with Gasteiger partial charge in [-0.05, 0) is 46.1 Å². The van der Waals surface area contributed by atoms with Gasteiger partial charge >= 0.3 is 0 Å². The highest BCUT2D eigenvalue weighted by atomic mass is 79.9. The average Bonchev–Trinajstić information content (AvgIpc) is 2.32. The Balaban J connectivity index is 2.20.